The second kappa shape index (κ2) is 4.22. The Bertz CT molecular complexity index is 242. The highest BCUT2D eigenvalue weighted by atomic mass is 16.5. The van der Waals surface area contributed by atoms with Crippen LogP contribution in [-0.2, 0) is 10.0 Å². The maximum Gasteiger partial charge on any atom is 0.157 e. The van der Waals surface area contributed by atoms with E-state index in [1.165, 1.54) is 0 Å². The Morgan fingerprint density at radius 2 is 1.53 bits per heavy atom. The molecule has 1 rings (SSSR count). The molecule has 1 aliphatic heterocycles. The fraction of sp³-hybridized carbons (Fsp3) is 0.917. The Kier molecular flexibility index (Phi) is 3.56. The Hall–Kier alpha value is -0.410. The van der Waals surface area contributed by atoms with Crippen LogP contribution >= 0.6 is 0 Å². The molecule has 87 valence electrons. The molecule has 1 radical (unpaired) electrons. The Balaban J connectivity index is 3.10. The summed E-state index contributed by atoms with van der Waals surface area (Å²) >= 11 is 0. The number of rotatable bonds is 4. The summed E-state index contributed by atoms with van der Waals surface area (Å²) in [6.07, 6.45) is 3.23. The molecule has 0 aromatic carbocycles. The van der Waals surface area contributed by atoms with Crippen LogP contribution in [0.3, 0.4) is 0 Å². The normalized spacial score (nSPS) is 24.7. The van der Waals surface area contributed by atoms with Crippen molar-refractivity contribution in [2.45, 2.75) is 70.9 Å². The average molecular weight is 212 g/mol. The minimum absolute atomic E-state index is 0.145. The molecule has 0 aromatic rings. The van der Waals surface area contributed by atoms with Gasteiger partial charge in [0.05, 0.1) is 5.54 Å². The van der Waals surface area contributed by atoms with E-state index in [4.69, 9.17) is 0 Å². The number of Topliss-reactive ketones (excluding diaryl/α,β-unsaturated/α-hetero) is 1. The van der Waals surface area contributed by atoms with E-state index in [0.717, 1.165) is 17.9 Å². The van der Waals surface area contributed by atoms with Crippen molar-refractivity contribution in [1.29, 1.82) is 0 Å². The summed E-state index contributed by atoms with van der Waals surface area (Å²) in [5, 5.41) is 13.5. The van der Waals surface area contributed by atoms with Gasteiger partial charge in [-0.2, -0.15) is 0 Å². The lowest BCUT2D eigenvalue weighted by molar-refractivity contribution is -0.261. The van der Waals surface area contributed by atoms with Gasteiger partial charge < -0.3 is 0 Å². The van der Waals surface area contributed by atoms with Crippen LogP contribution in [0.2, 0.25) is 0 Å². The predicted octanol–water partition coefficient (Wildman–Crippen LogP) is 2.72. The van der Waals surface area contributed by atoms with Gasteiger partial charge in [0.25, 0.3) is 0 Å². The minimum atomic E-state index is -0.730. The van der Waals surface area contributed by atoms with Gasteiger partial charge in [0, 0.05) is 6.42 Å². The third-order valence-corrected chi connectivity index (χ3v) is 4.31. The second-order valence-corrected chi connectivity index (χ2v) is 4.56. The molecule has 0 spiro atoms. The van der Waals surface area contributed by atoms with Gasteiger partial charge in [0.2, 0.25) is 0 Å². The molecule has 1 saturated heterocycles. The van der Waals surface area contributed by atoms with Crippen LogP contribution in [0.15, 0.2) is 0 Å². The molecule has 1 fully saturated rings. The number of hydrogen-bond acceptors (Lipinski definition) is 2. The second-order valence-electron chi connectivity index (χ2n) is 4.56. The van der Waals surface area contributed by atoms with Crippen LogP contribution in [0, 0.1) is 0 Å². The van der Waals surface area contributed by atoms with Gasteiger partial charge in [0.15, 0.2) is 5.78 Å². The Morgan fingerprint density at radius 1 is 1.07 bits per heavy atom. The van der Waals surface area contributed by atoms with E-state index >= 15 is 0 Å². The fourth-order valence-electron chi connectivity index (χ4n) is 2.82. The first-order chi connectivity index (χ1) is 7.03. The number of hydroxylamine groups is 2. The predicted molar refractivity (Wildman–Crippen MR) is 58.8 cm³/mol. The van der Waals surface area contributed by atoms with E-state index in [1.807, 2.05) is 27.7 Å². The highest BCUT2D eigenvalue weighted by molar-refractivity contribution is 5.91. The van der Waals surface area contributed by atoms with Gasteiger partial charge in [-0.15, -0.1) is 10.3 Å². The standard InChI is InChI=1S/C12H22NO2/c1-5-11(6-2)9-10(14)12(7-3,8-4)13(11)15/h5-9H2,1-4H3. The van der Waals surface area contributed by atoms with E-state index in [0.29, 0.717) is 19.3 Å². The van der Waals surface area contributed by atoms with Crippen LogP contribution in [0.25, 0.3) is 0 Å². The highest BCUT2D eigenvalue weighted by Crippen LogP contribution is 2.44. The molecule has 0 atom stereocenters. The first-order valence-corrected chi connectivity index (χ1v) is 6.03. The molecular weight excluding hydrogens is 190 g/mol. The number of hydrogen-bond donors (Lipinski definition) is 0. The highest BCUT2D eigenvalue weighted by Gasteiger charge is 2.58. The van der Waals surface area contributed by atoms with Gasteiger partial charge in [-0.05, 0) is 25.7 Å². The number of carbonyl (C=O) groups excluding carboxylic acids is 1. The molecule has 0 bridgehead atoms. The van der Waals surface area contributed by atoms with E-state index < -0.39 is 11.1 Å². The SMILES string of the molecule is CCC1(CC)CC(=O)C(CC)(CC)N1[O]. The third-order valence-electron chi connectivity index (χ3n) is 4.31. The Morgan fingerprint density at radius 3 is 1.73 bits per heavy atom. The van der Waals surface area contributed by atoms with Crippen molar-refractivity contribution in [1.82, 2.24) is 5.06 Å². The van der Waals surface area contributed by atoms with Crippen molar-refractivity contribution >= 4 is 5.78 Å². The van der Waals surface area contributed by atoms with Crippen molar-refractivity contribution in [2.75, 3.05) is 0 Å². The minimum Gasteiger partial charge on any atom is -0.297 e. The van der Waals surface area contributed by atoms with E-state index in [2.05, 4.69) is 0 Å². The van der Waals surface area contributed by atoms with Gasteiger partial charge in [-0.25, -0.2) is 0 Å². The van der Waals surface area contributed by atoms with Crippen molar-refractivity contribution in [2.24, 2.45) is 0 Å². The van der Waals surface area contributed by atoms with Gasteiger partial charge in [-0.3, -0.25) is 4.79 Å². The van der Waals surface area contributed by atoms with Gasteiger partial charge in [0.1, 0.15) is 5.54 Å². The van der Waals surface area contributed by atoms with E-state index in [9.17, 15) is 10.0 Å². The summed E-state index contributed by atoms with van der Waals surface area (Å²) in [6.45, 7) is 7.88. The molecule has 0 aliphatic carbocycles. The fourth-order valence-corrected chi connectivity index (χ4v) is 2.82. The summed E-state index contributed by atoms with van der Waals surface area (Å²) in [5.74, 6) is 0.145. The van der Waals surface area contributed by atoms with E-state index in [1.54, 1.807) is 0 Å². The molecule has 3 heteroatoms. The van der Waals surface area contributed by atoms with Gasteiger partial charge in [-0.1, -0.05) is 27.7 Å². The molecule has 0 unspecified atom stereocenters. The lowest BCUT2D eigenvalue weighted by Gasteiger charge is -2.37. The van der Waals surface area contributed by atoms with Gasteiger partial charge >= 0.3 is 0 Å². The molecule has 1 heterocycles. The third kappa shape index (κ3) is 1.53. The number of carbonyl (C=O) groups is 1. The summed E-state index contributed by atoms with van der Waals surface area (Å²) in [5.41, 5.74) is -1.16. The largest absolute Gasteiger partial charge is 0.297 e. The van der Waals surface area contributed by atoms with Crippen LogP contribution in [0.5, 0.6) is 0 Å². The van der Waals surface area contributed by atoms with Crippen molar-refractivity contribution < 1.29 is 10.0 Å². The average Bonchev–Trinajstić information content (AvgIpc) is 2.48. The topological polar surface area (TPSA) is 40.2 Å². The number of ketones is 1. The molecule has 0 amide bonds. The number of nitrogens with zero attached hydrogens (tertiary/aromatic N) is 1. The molecule has 3 nitrogen and oxygen atoms in total. The van der Waals surface area contributed by atoms with Crippen molar-refractivity contribution in [3.8, 4) is 0 Å². The van der Waals surface area contributed by atoms with Crippen molar-refractivity contribution in [3.63, 3.8) is 0 Å². The first-order valence-electron chi connectivity index (χ1n) is 6.03. The zero-order valence-corrected chi connectivity index (χ0v) is 10.3. The van der Waals surface area contributed by atoms with E-state index in [-0.39, 0.29) is 5.78 Å². The monoisotopic (exact) mass is 212 g/mol. The summed E-state index contributed by atoms with van der Waals surface area (Å²) in [6, 6.07) is 0. The summed E-state index contributed by atoms with van der Waals surface area (Å²) < 4.78 is 0. The quantitative estimate of drug-likeness (QED) is 0.719. The summed E-state index contributed by atoms with van der Waals surface area (Å²) in [4.78, 5) is 12.1. The molecule has 15 heavy (non-hydrogen) atoms. The maximum atomic E-state index is 12.4. The van der Waals surface area contributed by atoms with Crippen LogP contribution in [-0.4, -0.2) is 21.9 Å². The molecular formula is C12H22NO2. The Labute approximate surface area is 92.4 Å². The maximum absolute atomic E-state index is 12.4. The molecule has 0 aromatic heterocycles. The lowest BCUT2D eigenvalue weighted by Crippen LogP contribution is -2.52. The van der Waals surface area contributed by atoms with Crippen LogP contribution in [0.4, 0.5) is 0 Å². The summed E-state index contributed by atoms with van der Waals surface area (Å²) in [7, 11) is 0. The van der Waals surface area contributed by atoms with Crippen molar-refractivity contribution in [3.05, 3.63) is 0 Å². The van der Waals surface area contributed by atoms with Crippen LogP contribution in [0.1, 0.15) is 59.8 Å². The zero-order valence-electron chi connectivity index (χ0n) is 10.3. The lowest BCUT2D eigenvalue weighted by atomic mass is 9.88. The molecule has 1 aliphatic rings. The molecule has 0 N–H and O–H groups in total. The first kappa shape index (κ1) is 12.7. The smallest absolute Gasteiger partial charge is 0.157 e. The molecule has 0 saturated carbocycles. The zero-order chi connectivity index (χ0) is 11.7. The van der Waals surface area contributed by atoms with Crippen LogP contribution < -0.4 is 0 Å².